The fourth-order valence-electron chi connectivity index (χ4n) is 2.65. The summed E-state index contributed by atoms with van der Waals surface area (Å²) in [5, 5.41) is 14.3. The molecule has 0 amide bonds. The summed E-state index contributed by atoms with van der Waals surface area (Å²) in [5.41, 5.74) is 0.670. The second-order valence-corrected chi connectivity index (χ2v) is 8.66. The molecule has 0 spiro atoms. The van der Waals surface area contributed by atoms with Crippen LogP contribution in [0.25, 0.3) is 6.08 Å². The number of nitrogens with one attached hydrogen (secondary N) is 1. The van der Waals surface area contributed by atoms with Gasteiger partial charge in [0.2, 0.25) is 5.78 Å². The Hall–Kier alpha value is -2.46. The number of carbonyl (C=O) groups is 1. The van der Waals surface area contributed by atoms with E-state index in [-0.39, 0.29) is 46.5 Å². The van der Waals surface area contributed by atoms with Crippen molar-refractivity contribution in [3.8, 4) is 0 Å². The monoisotopic (exact) mass is 476 g/mol. The van der Waals surface area contributed by atoms with E-state index >= 15 is 0 Å². The molecule has 156 valence electrons. The molecule has 2 aromatic carbocycles. The van der Waals surface area contributed by atoms with E-state index in [0.717, 1.165) is 24.3 Å². The van der Waals surface area contributed by atoms with Crippen LogP contribution in [-0.2, 0) is 20.2 Å². The van der Waals surface area contributed by atoms with Crippen molar-refractivity contribution in [3.63, 3.8) is 0 Å². The van der Waals surface area contributed by atoms with Crippen LogP contribution in [0, 0.1) is 10.1 Å². The molecule has 0 saturated heterocycles. The number of carbonyl (C=O) groups excluding carboxylic acids is 1. The fraction of sp³-hybridized carbons (Fsp3) is 0. The Labute approximate surface area is 197 Å². The molecule has 0 saturated carbocycles. The number of hydrogen-bond donors (Lipinski definition) is 3. The van der Waals surface area contributed by atoms with Crippen molar-refractivity contribution < 1.29 is 65.2 Å². The van der Waals surface area contributed by atoms with Crippen LogP contribution in [0.1, 0.15) is 15.9 Å². The van der Waals surface area contributed by atoms with Gasteiger partial charge in [-0.15, -0.1) is 0 Å². The molecule has 3 rings (SSSR count). The number of benzene rings is 2. The molecule has 0 radical (unpaired) electrons. The van der Waals surface area contributed by atoms with Gasteiger partial charge in [-0.3, -0.25) is 29.4 Å². The standard InChI is InChI=1S/C16H11N3O9S2.Na/c20-16-14-9(2-1-3-12(14)29(23,24)25)8-13(30(26,27)28)15(16)18-17-10-4-6-11(7-5-10)19(21)22;/h1-8,17H,(H,23,24,25)(H,26,27,28);/q;+1/b18-15-;. The number of hydrogen-bond acceptors (Lipinski definition) is 9. The van der Waals surface area contributed by atoms with E-state index < -0.39 is 52.0 Å². The van der Waals surface area contributed by atoms with E-state index in [1.807, 2.05) is 0 Å². The molecule has 0 bridgehead atoms. The average Bonchev–Trinajstić information content (AvgIpc) is 2.65. The Morgan fingerprint density at radius 3 is 2.10 bits per heavy atom. The largest absolute Gasteiger partial charge is 1.00 e. The fourth-order valence-corrected chi connectivity index (χ4v) is 4.02. The Balaban J connectivity index is 0.00000341. The zero-order valence-corrected chi connectivity index (χ0v) is 19.2. The average molecular weight is 476 g/mol. The van der Waals surface area contributed by atoms with E-state index in [1.54, 1.807) is 0 Å². The molecular weight excluding hydrogens is 465 g/mol. The predicted octanol–water partition coefficient (Wildman–Crippen LogP) is -1.26. The van der Waals surface area contributed by atoms with Crippen LogP contribution in [0.2, 0.25) is 0 Å². The zero-order valence-electron chi connectivity index (χ0n) is 15.6. The van der Waals surface area contributed by atoms with Gasteiger partial charge >= 0.3 is 29.6 Å². The van der Waals surface area contributed by atoms with Gasteiger partial charge in [0.1, 0.15) is 9.80 Å². The maximum atomic E-state index is 12.9. The van der Waals surface area contributed by atoms with Crippen molar-refractivity contribution in [1.29, 1.82) is 0 Å². The number of anilines is 1. The number of fused-ring (bicyclic) bond motifs is 1. The molecule has 3 N–H and O–H groups in total. The third-order valence-corrected chi connectivity index (χ3v) is 5.71. The minimum Gasteiger partial charge on any atom is -0.287 e. The van der Waals surface area contributed by atoms with Crippen LogP contribution in [0.5, 0.6) is 0 Å². The summed E-state index contributed by atoms with van der Waals surface area (Å²) in [5.74, 6) is -1.19. The van der Waals surface area contributed by atoms with Gasteiger partial charge in [0.15, 0.2) is 5.71 Å². The van der Waals surface area contributed by atoms with Crippen LogP contribution in [0.4, 0.5) is 11.4 Å². The Bertz CT molecular complexity index is 1350. The normalized spacial score (nSPS) is 15.0. The Kier molecular flexibility index (Phi) is 7.17. The van der Waals surface area contributed by atoms with E-state index in [2.05, 4.69) is 10.5 Å². The first kappa shape index (κ1) is 24.8. The van der Waals surface area contributed by atoms with E-state index in [1.165, 1.54) is 24.3 Å². The first-order valence-electron chi connectivity index (χ1n) is 7.82. The molecule has 0 aliphatic heterocycles. The number of rotatable bonds is 5. The van der Waals surface area contributed by atoms with Crippen molar-refractivity contribution >= 4 is 49.2 Å². The number of allylic oxidation sites excluding steroid dienone is 1. The number of nitro benzene ring substituents is 1. The van der Waals surface area contributed by atoms with E-state index in [0.29, 0.717) is 0 Å². The number of nitrogens with zero attached hydrogens (tertiary/aromatic N) is 2. The first-order valence-corrected chi connectivity index (χ1v) is 10.7. The van der Waals surface area contributed by atoms with Gasteiger partial charge in [0, 0.05) is 12.1 Å². The summed E-state index contributed by atoms with van der Waals surface area (Å²) in [4.78, 5) is 21.2. The smallest absolute Gasteiger partial charge is 0.287 e. The van der Waals surface area contributed by atoms with Crippen LogP contribution in [0.3, 0.4) is 0 Å². The third kappa shape index (κ3) is 5.24. The molecule has 31 heavy (non-hydrogen) atoms. The molecule has 0 unspecified atom stereocenters. The van der Waals surface area contributed by atoms with Crippen LogP contribution in [0.15, 0.2) is 57.4 Å². The third-order valence-electron chi connectivity index (χ3n) is 3.95. The SMILES string of the molecule is O=C1/C(=N\Nc2ccc([N+](=O)[O-])cc2)C(S(=O)(=O)O)=Cc2cccc(S(=O)(=O)O)c21.[Na+]. The minimum atomic E-state index is -4.95. The van der Waals surface area contributed by atoms with Crippen molar-refractivity contribution in [3.05, 3.63) is 68.6 Å². The Morgan fingerprint density at radius 1 is 0.968 bits per heavy atom. The van der Waals surface area contributed by atoms with Gasteiger partial charge in [-0.2, -0.15) is 21.9 Å². The van der Waals surface area contributed by atoms with Crippen molar-refractivity contribution in [1.82, 2.24) is 0 Å². The summed E-state index contributed by atoms with van der Waals surface area (Å²) in [7, 11) is -9.79. The van der Waals surface area contributed by atoms with Crippen molar-refractivity contribution in [2.24, 2.45) is 5.10 Å². The Morgan fingerprint density at radius 2 is 1.58 bits per heavy atom. The quantitative estimate of drug-likeness (QED) is 0.203. The summed E-state index contributed by atoms with van der Waals surface area (Å²) in [6.45, 7) is 0. The van der Waals surface area contributed by atoms with Crippen molar-refractivity contribution in [2.75, 3.05) is 5.43 Å². The van der Waals surface area contributed by atoms with Gasteiger partial charge in [0.25, 0.3) is 25.9 Å². The minimum absolute atomic E-state index is 0. The van der Waals surface area contributed by atoms with Gasteiger partial charge < -0.3 is 0 Å². The molecule has 0 aromatic heterocycles. The summed E-state index contributed by atoms with van der Waals surface area (Å²) in [6.07, 6.45) is 0.830. The number of non-ortho nitro benzene ring substituents is 1. The molecule has 1 aliphatic carbocycles. The molecule has 0 heterocycles. The first-order chi connectivity index (χ1) is 13.9. The van der Waals surface area contributed by atoms with Crippen LogP contribution in [-0.4, -0.2) is 42.4 Å². The number of nitro groups is 1. The second kappa shape index (κ2) is 8.96. The van der Waals surface area contributed by atoms with Gasteiger partial charge in [-0.05, 0) is 29.8 Å². The molecular formula is C16H11N3NaO9S2+. The molecule has 15 heteroatoms. The number of Topliss-reactive ketones (excluding diaryl/α,β-unsaturated/α-hetero) is 1. The van der Waals surface area contributed by atoms with E-state index in [9.17, 15) is 40.8 Å². The number of hydrazone groups is 1. The molecule has 12 nitrogen and oxygen atoms in total. The predicted molar refractivity (Wildman–Crippen MR) is 104 cm³/mol. The second-order valence-electron chi connectivity index (χ2n) is 5.88. The van der Waals surface area contributed by atoms with Gasteiger partial charge in [0.05, 0.1) is 16.2 Å². The van der Waals surface area contributed by atoms with Gasteiger partial charge in [-0.1, -0.05) is 12.1 Å². The van der Waals surface area contributed by atoms with Crippen LogP contribution >= 0.6 is 0 Å². The van der Waals surface area contributed by atoms with Gasteiger partial charge in [-0.25, -0.2) is 0 Å². The van der Waals surface area contributed by atoms with Crippen LogP contribution < -0.4 is 35.0 Å². The molecule has 2 aromatic rings. The summed E-state index contributed by atoms with van der Waals surface area (Å²) < 4.78 is 65.6. The maximum absolute atomic E-state index is 12.9. The van der Waals surface area contributed by atoms with E-state index in [4.69, 9.17) is 0 Å². The maximum Gasteiger partial charge on any atom is 1.00 e. The summed E-state index contributed by atoms with van der Waals surface area (Å²) in [6, 6.07) is 8.03. The zero-order chi connectivity index (χ0) is 22.3. The molecule has 0 fully saturated rings. The topological polar surface area (TPSA) is 193 Å². The van der Waals surface area contributed by atoms with Crippen molar-refractivity contribution in [2.45, 2.75) is 4.90 Å². The number of ketones is 1. The summed E-state index contributed by atoms with van der Waals surface area (Å²) >= 11 is 0. The molecule has 1 aliphatic rings. The molecule has 0 atom stereocenters.